The monoisotopic (exact) mass is 563 g/mol. The summed E-state index contributed by atoms with van der Waals surface area (Å²) in [7, 11) is 0. The van der Waals surface area contributed by atoms with Crippen molar-refractivity contribution in [3.8, 4) is 11.5 Å². The van der Waals surface area contributed by atoms with Gasteiger partial charge in [0.25, 0.3) is 5.91 Å². The van der Waals surface area contributed by atoms with Crippen molar-refractivity contribution < 1.29 is 15.0 Å². The molecule has 5 rings (SSSR count). The molecule has 3 aromatic rings. The minimum Gasteiger partial charge on any atom is -0.507 e. The number of amides is 1. The first-order chi connectivity index (χ1) is 19.5. The number of aromatic hydroxyl groups is 2. The molecule has 14 heteroatoms. The molecular formula is C27H37N11O3. The van der Waals surface area contributed by atoms with Gasteiger partial charge in [-0.1, -0.05) is 12.1 Å². The molecule has 1 aromatic heterocycles. The molecular weight excluding hydrogens is 526 g/mol. The number of hydrogen-bond donors (Lipinski definition) is 8. The number of para-hydroxylation sites is 1. The van der Waals surface area contributed by atoms with Crippen molar-refractivity contribution in [3.05, 3.63) is 47.5 Å². The zero-order valence-corrected chi connectivity index (χ0v) is 22.9. The van der Waals surface area contributed by atoms with E-state index >= 15 is 0 Å². The largest absolute Gasteiger partial charge is 0.507 e. The Labute approximate surface area is 237 Å². The van der Waals surface area contributed by atoms with Gasteiger partial charge in [0.2, 0.25) is 17.8 Å². The molecule has 0 saturated carbocycles. The molecule has 2 aliphatic heterocycles. The van der Waals surface area contributed by atoms with Gasteiger partial charge in [-0.15, -0.1) is 0 Å². The summed E-state index contributed by atoms with van der Waals surface area (Å²) in [6, 6.07) is 9.04. The second kappa shape index (κ2) is 11.7. The molecule has 3 heterocycles. The summed E-state index contributed by atoms with van der Waals surface area (Å²) in [5, 5.41) is 26.7. The number of aromatic nitrogens is 3. The quantitative estimate of drug-likeness (QED) is 0.189. The zero-order chi connectivity index (χ0) is 29.3. The minimum atomic E-state index is -0.551. The third-order valence-electron chi connectivity index (χ3n) is 7.19. The summed E-state index contributed by atoms with van der Waals surface area (Å²) < 4.78 is 0. The number of hydrogen-bond acceptors (Lipinski definition) is 13. The van der Waals surface area contributed by atoms with E-state index in [0.29, 0.717) is 62.2 Å². The van der Waals surface area contributed by atoms with Crippen LogP contribution in [0.5, 0.6) is 11.5 Å². The molecule has 12 N–H and O–H groups in total. The molecule has 0 unspecified atom stereocenters. The van der Waals surface area contributed by atoms with Gasteiger partial charge in [0.15, 0.2) is 0 Å². The number of nitrogens with two attached hydrogens (primary N) is 4. The van der Waals surface area contributed by atoms with Crippen LogP contribution in [-0.4, -0.2) is 81.4 Å². The number of carbonyl (C=O) groups is 1. The van der Waals surface area contributed by atoms with Crippen LogP contribution in [0.4, 0.5) is 29.2 Å². The maximum absolute atomic E-state index is 12.7. The summed E-state index contributed by atoms with van der Waals surface area (Å²) in [4.78, 5) is 30.6. The van der Waals surface area contributed by atoms with Crippen molar-refractivity contribution in [3.63, 3.8) is 0 Å². The van der Waals surface area contributed by atoms with Gasteiger partial charge in [0.05, 0.1) is 11.3 Å². The Morgan fingerprint density at radius 2 is 1.41 bits per heavy atom. The van der Waals surface area contributed by atoms with Gasteiger partial charge in [-0.3, -0.25) is 4.79 Å². The third-order valence-corrected chi connectivity index (χ3v) is 7.19. The number of aryl methyl sites for hydroxylation is 1. The summed E-state index contributed by atoms with van der Waals surface area (Å²) in [6.07, 6.45) is 1.42. The molecule has 0 bridgehead atoms. The number of phenols is 2. The molecule has 218 valence electrons. The number of phenolic OH excluding ortho intramolecular Hbond substituents is 2. The average Bonchev–Trinajstić information content (AvgIpc) is 2.90. The lowest BCUT2D eigenvalue weighted by molar-refractivity contribution is 0.102. The van der Waals surface area contributed by atoms with E-state index in [1.807, 2.05) is 9.80 Å². The topological polar surface area (TPSA) is 231 Å². The lowest BCUT2D eigenvalue weighted by Gasteiger charge is -2.37. The number of nitrogens with zero attached hydrogens (tertiary/aromatic N) is 5. The first-order valence-corrected chi connectivity index (χ1v) is 13.5. The predicted octanol–water partition coefficient (Wildman–Crippen LogP) is 0.317. The number of carbonyl (C=O) groups excluding carboxylic acids is 1. The predicted molar refractivity (Wildman–Crippen MR) is 158 cm³/mol. The summed E-state index contributed by atoms with van der Waals surface area (Å²) in [6.45, 7) is 3.87. The van der Waals surface area contributed by atoms with Crippen LogP contribution in [0.1, 0.15) is 28.8 Å². The van der Waals surface area contributed by atoms with Crippen LogP contribution in [0.2, 0.25) is 0 Å². The van der Waals surface area contributed by atoms with Crippen LogP contribution in [0.3, 0.4) is 0 Å². The van der Waals surface area contributed by atoms with Gasteiger partial charge in [-0.25, -0.2) is 0 Å². The normalized spacial score (nSPS) is 22.9. The number of piperidine rings is 2. The molecule has 0 radical (unpaired) electrons. The van der Waals surface area contributed by atoms with Crippen molar-refractivity contribution in [2.45, 2.75) is 43.9 Å². The van der Waals surface area contributed by atoms with E-state index in [1.54, 1.807) is 25.1 Å². The SMILES string of the molecule is Cc1cccc(C(=O)Nc2ccc(Nc3nc(N4C[C@H](N)C[C@H](N)C4)nc(N4C[C@H](N)C[C@H](N)C4)n3)cc2O)c1O. The Kier molecular flexibility index (Phi) is 8.08. The average molecular weight is 564 g/mol. The number of rotatable bonds is 6. The Balaban J connectivity index is 1.40. The Morgan fingerprint density at radius 1 is 0.854 bits per heavy atom. The smallest absolute Gasteiger partial charge is 0.259 e. The van der Waals surface area contributed by atoms with Gasteiger partial charge in [0.1, 0.15) is 11.5 Å². The highest BCUT2D eigenvalue weighted by molar-refractivity contribution is 6.07. The van der Waals surface area contributed by atoms with Crippen LogP contribution in [-0.2, 0) is 0 Å². The van der Waals surface area contributed by atoms with Crippen LogP contribution in [0.25, 0.3) is 0 Å². The van der Waals surface area contributed by atoms with Gasteiger partial charge in [-0.05, 0) is 43.5 Å². The van der Waals surface area contributed by atoms with E-state index in [4.69, 9.17) is 27.9 Å². The van der Waals surface area contributed by atoms with Gasteiger partial charge in [0, 0.05) is 62.1 Å². The Morgan fingerprint density at radius 3 is 1.95 bits per heavy atom. The molecule has 14 nitrogen and oxygen atoms in total. The number of anilines is 5. The molecule has 0 spiro atoms. The number of nitrogens with one attached hydrogen (secondary N) is 2. The summed E-state index contributed by atoms with van der Waals surface area (Å²) in [5.41, 5.74) is 26.2. The summed E-state index contributed by atoms with van der Waals surface area (Å²) in [5.74, 6) is 0.223. The molecule has 2 aromatic carbocycles. The van der Waals surface area contributed by atoms with Crippen LogP contribution in [0.15, 0.2) is 36.4 Å². The fourth-order valence-corrected chi connectivity index (χ4v) is 5.25. The van der Waals surface area contributed by atoms with Crippen molar-refractivity contribution in [2.75, 3.05) is 46.6 Å². The highest BCUT2D eigenvalue weighted by Gasteiger charge is 2.29. The highest BCUT2D eigenvalue weighted by Crippen LogP contribution is 2.31. The molecule has 0 aliphatic carbocycles. The second-order valence-corrected chi connectivity index (χ2v) is 10.9. The van der Waals surface area contributed by atoms with Crippen LogP contribution in [0, 0.1) is 6.92 Å². The Hall–Kier alpha value is -4.24. The highest BCUT2D eigenvalue weighted by atomic mass is 16.3. The maximum atomic E-state index is 12.7. The van der Waals surface area contributed by atoms with Crippen molar-refractivity contribution in [2.24, 2.45) is 22.9 Å². The van der Waals surface area contributed by atoms with Crippen LogP contribution < -0.4 is 43.4 Å². The first-order valence-electron chi connectivity index (χ1n) is 13.5. The molecule has 2 fully saturated rings. The first kappa shape index (κ1) is 28.3. The minimum absolute atomic E-state index is 0.103. The van der Waals surface area contributed by atoms with E-state index in [-0.39, 0.29) is 52.9 Å². The van der Waals surface area contributed by atoms with Gasteiger partial charge < -0.3 is 53.6 Å². The van der Waals surface area contributed by atoms with E-state index in [1.165, 1.54) is 18.2 Å². The standard InChI is InChI=1S/C27H37N11O3/c1-14-3-2-4-20(23(14)40)24(41)33-21-6-5-19(9-22(21)39)32-25-34-26(37-10-15(28)7-16(29)11-37)36-27(35-25)38-12-17(30)8-18(31)13-38/h2-6,9,15-18,39-40H,7-8,10-13,28-31H2,1H3,(H,33,41)(H,32,34,35,36)/t15-,16+,17-,18+. The number of benzene rings is 2. The molecule has 2 saturated heterocycles. The van der Waals surface area contributed by atoms with E-state index < -0.39 is 5.91 Å². The van der Waals surface area contributed by atoms with Gasteiger partial charge in [-0.2, -0.15) is 15.0 Å². The molecule has 41 heavy (non-hydrogen) atoms. The summed E-state index contributed by atoms with van der Waals surface area (Å²) >= 11 is 0. The molecule has 1 amide bonds. The third kappa shape index (κ3) is 6.57. The molecule has 2 aliphatic rings. The van der Waals surface area contributed by atoms with Crippen LogP contribution >= 0.6 is 0 Å². The lowest BCUT2D eigenvalue weighted by Crippen LogP contribution is -2.54. The molecule has 4 atom stereocenters. The van der Waals surface area contributed by atoms with E-state index in [9.17, 15) is 15.0 Å². The van der Waals surface area contributed by atoms with Gasteiger partial charge >= 0.3 is 0 Å². The fourth-order valence-electron chi connectivity index (χ4n) is 5.25. The fraction of sp³-hybridized carbons (Fsp3) is 0.407. The zero-order valence-electron chi connectivity index (χ0n) is 22.9. The Bertz CT molecular complexity index is 1360. The van der Waals surface area contributed by atoms with Crippen molar-refractivity contribution in [1.82, 2.24) is 15.0 Å². The maximum Gasteiger partial charge on any atom is 0.259 e. The van der Waals surface area contributed by atoms with E-state index in [2.05, 4.69) is 20.6 Å². The second-order valence-electron chi connectivity index (χ2n) is 10.9. The lowest BCUT2D eigenvalue weighted by atomic mass is 10.0. The van der Waals surface area contributed by atoms with Crippen molar-refractivity contribution in [1.29, 1.82) is 0 Å². The van der Waals surface area contributed by atoms with Crippen molar-refractivity contribution >= 4 is 35.1 Å². The van der Waals surface area contributed by atoms with E-state index in [0.717, 1.165) is 0 Å².